The van der Waals surface area contributed by atoms with Gasteiger partial charge in [0.1, 0.15) is 23.0 Å². The van der Waals surface area contributed by atoms with E-state index in [0.717, 1.165) is 5.56 Å². The first-order valence-corrected chi connectivity index (χ1v) is 26.7. The molecule has 0 saturated heterocycles. The third-order valence-corrected chi connectivity index (χ3v) is 14.1. The molecule has 2 unspecified atom stereocenters. The minimum absolute atomic E-state index is 0.117. The molecule has 4 aliphatic heterocycles. The third kappa shape index (κ3) is 15.9. The maximum absolute atomic E-state index is 13.9. The van der Waals surface area contributed by atoms with E-state index in [1.54, 1.807) is 60.7 Å². The van der Waals surface area contributed by atoms with Gasteiger partial charge in [-0.3, -0.25) is 53.2 Å². The zero-order chi connectivity index (χ0) is 56.1. The van der Waals surface area contributed by atoms with Gasteiger partial charge >= 0.3 is 0 Å². The Hall–Kier alpha value is -7.83. The van der Waals surface area contributed by atoms with E-state index in [9.17, 15) is 33.6 Å². The second kappa shape index (κ2) is 29.8. The van der Waals surface area contributed by atoms with Crippen LogP contribution in [0.2, 0.25) is 0 Å². The molecule has 8 rings (SSSR count). The van der Waals surface area contributed by atoms with Crippen molar-refractivity contribution in [2.75, 3.05) is 159 Å². The lowest BCUT2D eigenvalue weighted by Crippen LogP contribution is -2.46. The minimum atomic E-state index is -0.453. The summed E-state index contributed by atoms with van der Waals surface area (Å²) in [4.78, 5) is 106. The van der Waals surface area contributed by atoms with Crippen LogP contribution in [0.5, 0.6) is 23.0 Å². The average Bonchev–Trinajstić information content (AvgIpc) is 3.48. The van der Waals surface area contributed by atoms with Gasteiger partial charge in [0.2, 0.25) is 0 Å². The van der Waals surface area contributed by atoms with Crippen LogP contribution in [0.15, 0.2) is 72.8 Å². The molecule has 7 amide bonds. The van der Waals surface area contributed by atoms with Gasteiger partial charge in [0, 0.05) is 143 Å². The van der Waals surface area contributed by atoms with Gasteiger partial charge in [-0.15, -0.1) is 0 Å². The van der Waals surface area contributed by atoms with Crippen LogP contribution in [0.4, 0.5) is 0 Å². The van der Waals surface area contributed by atoms with Crippen molar-refractivity contribution in [3.63, 3.8) is 0 Å². The lowest BCUT2D eigenvalue weighted by Gasteiger charge is -2.29. The van der Waals surface area contributed by atoms with Crippen LogP contribution in [0.25, 0.3) is 0 Å². The van der Waals surface area contributed by atoms with Crippen molar-refractivity contribution in [3.05, 3.63) is 117 Å². The quantitative estimate of drug-likeness (QED) is 0.136. The topological polar surface area (TPSA) is 266 Å². The molecule has 0 aromatic heterocycles. The summed E-state index contributed by atoms with van der Waals surface area (Å²) in [5.74, 6) is -2.15. The second-order valence-electron chi connectivity index (χ2n) is 19.0. The Morgan fingerprint density at radius 2 is 0.506 bits per heavy atom. The fraction of sp³-hybridized carbons (Fsp3) is 0.446. The van der Waals surface area contributed by atoms with Crippen molar-refractivity contribution in [1.29, 1.82) is 0 Å². The molecule has 23 nitrogen and oxygen atoms in total. The van der Waals surface area contributed by atoms with E-state index >= 15 is 0 Å². The molecule has 0 radical (unpaired) electrons. The number of hydrogen-bond acceptors (Lipinski definition) is 16. The van der Waals surface area contributed by atoms with Gasteiger partial charge in [0.25, 0.3) is 41.4 Å². The molecule has 424 valence electrons. The summed E-state index contributed by atoms with van der Waals surface area (Å²) >= 11 is 0. The van der Waals surface area contributed by atoms with E-state index in [4.69, 9.17) is 18.9 Å². The fourth-order valence-corrected chi connectivity index (χ4v) is 9.81. The summed E-state index contributed by atoms with van der Waals surface area (Å²) in [6.07, 6.45) is 0. The largest absolute Gasteiger partial charge is 0.496 e. The van der Waals surface area contributed by atoms with Crippen LogP contribution in [0.1, 0.15) is 78.1 Å². The lowest BCUT2D eigenvalue weighted by molar-refractivity contribution is 0.0912. The molecule has 4 aromatic carbocycles. The van der Waals surface area contributed by atoms with E-state index in [-0.39, 0.29) is 102 Å². The van der Waals surface area contributed by atoms with Gasteiger partial charge in [0.15, 0.2) is 0 Å². The van der Waals surface area contributed by atoms with Gasteiger partial charge < -0.3 is 61.5 Å². The molecule has 4 aromatic rings. The average molecular weight is 1090 g/mol. The second-order valence-corrected chi connectivity index (χ2v) is 19.0. The van der Waals surface area contributed by atoms with Crippen molar-refractivity contribution in [3.8, 4) is 23.0 Å². The normalized spacial score (nSPS) is 21.4. The number of nitrogens with one attached hydrogen (secondary N) is 8. The highest BCUT2D eigenvalue weighted by atomic mass is 16.5. The molecule has 8 N–H and O–H groups in total. The van der Waals surface area contributed by atoms with Gasteiger partial charge in [-0.05, 0) is 42.5 Å². The minimum Gasteiger partial charge on any atom is -0.496 e. The number of para-hydroxylation sites is 4. The Labute approximate surface area is 460 Å². The smallest absolute Gasteiger partial charge is 0.255 e. The molecule has 0 fully saturated rings. The molecule has 2 atom stereocenters. The third-order valence-electron chi connectivity index (χ3n) is 14.1. The van der Waals surface area contributed by atoms with E-state index in [1.807, 2.05) is 12.1 Å². The summed E-state index contributed by atoms with van der Waals surface area (Å²) in [6.45, 7) is 6.82. The van der Waals surface area contributed by atoms with Crippen LogP contribution in [-0.2, 0) is 6.54 Å². The Morgan fingerprint density at radius 3 is 0.747 bits per heavy atom. The Bertz CT molecular complexity index is 2710. The molecule has 4 heterocycles. The summed E-state index contributed by atoms with van der Waals surface area (Å²) in [7, 11) is 5.77. The highest BCUT2D eigenvalue weighted by Crippen LogP contribution is 2.27. The van der Waals surface area contributed by atoms with E-state index in [1.165, 1.54) is 28.4 Å². The number of nitrogens with zero attached hydrogens (tertiary/aromatic N) is 4. The van der Waals surface area contributed by atoms with Gasteiger partial charge in [0.05, 0.1) is 67.4 Å². The highest BCUT2D eigenvalue weighted by molar-refractivity contribution is 6.06. The molecule has 0 aliphatic carbocycles. The maximum Gasteiger partial charge on any atom is 0.255 e. The van der Waals surface area contributed by atoms with Crippen LogP contribution in [0, 0.1) is 0 Å². The number of carbonyl (C=O) groups excluding carboxylic acids is 7. The lowest BCUT2D eigenvalue weighted by atomic mass is 10.1. The molecular formula is C56H74N12O11. The van der Waals surface area contributed by atoms with Crippen molar-refractivity contribution in [2.45, 2.75) is 6.54 Å². The van der Waals surface area contributed by atoms with Crippen LogP contribution in [0.3, 0.4) is 0 Å². The molecule has 12 bridgehead atoms. The first-order chi connectivity index (χ1) is 38.4. The van der Waals surface area contributed by atoms with E-state index < -0.39 is 35.4 Å². The predicted octanol–water partition coefficient (Wildman–Crippen LogP) is 0.269. The predicted molar refractivity (Wildman–Crippen MR) is 296 cm³/mol. The van der Waals surface area contributed by atoms with Gasteiger partial charge in [-0.25, -0.2) is 0 Å². The number of methoxy groups -OCH3 is 4. The van der Waals surface area contributed by atoms with Crippen molar-refractivity contribution < 1.29 is 52.5 Å². The van der Waals surface area contributed by atoms with Crippen LogP contribution >= 0.6 is 0 Å². The van der Waals surface area contributed by atoms with Crippen molar-refractivity contribution >= 4 is 41.4 Å². The number of benzene rings is 4. The maximum atomic E-state index is 13.9. The van der Waals surface area contributed by atoms with Crippen molar-refractivity contribution in [2.24, 2.45) is 0 Å². The van der Waals surface area contributed by atoms with Crippen LogP contribution in [-0.4, -0.2) is 220 Å². The Morgan fingerprint density at radius 1 is 0.291 bits per heavy atom. The van der Waals surface area contributed by atoms with Gasteiger partial charge in [-0.2, -0.15) is 0 Å². The fourth-order valence-electron chi connectivity index (χ4n) is 9.81. The molecular weight excluding hydrogens is 1020 g/mol. The number of hydrogen-bond donors (Lipinski definition) is 8. The number of amides is 7. The van der Waals surface area contributed by atoms with E-state index in [0.29, 0.717) is 103 Å². The monoisotopic (exact) mass is 1090 g/mol. The zero-order valence-corrected chi connectivity index (χ0v) is 45.6. The number of fused-ring (bicyclic) bond motifs is 16. The molecule has 0 saturated carbocycles. The summed E-state index contributed by atoms with van der Waals surface area (Å²) in [5, 5.41) is 24.6. The summed E-state index contributed by atoms with van der Waals surface area (Å²) < 4.78 is 23.0. The van der Waals surface area contributed by atoms with E-state index in [2.05, 4.69) is 62.1 Å². The number of carbonyl (C=O) groups is 7. The number of rotatable bonds is 4. The first kappa shape index (κ1) is 58.8. The standard InChI is InChI=1S/C56H74N12O11/c1-76-46-38-9-5-10-39(46)50(69)58-19-27-67-30-22-62-54(73)41-12-6-11-40(47(41)77-2)51(70)59-18-26-65(25-17-57-37-38)33-34-66-28-20-60-52(71)42-13-7-15-44(48(42)78-3)55(74)63-23-31-68(36-35-67)32-24-64-56(75)45-16-8-14-43(49(45)79-4)53(72)61-21-29-66/h5-16,57H,17-37H2,1-4H3,(H,58,69)(H,59,70)(H,60,71)(H,61,72)(H,62,73)(H,63,74)(H,64,75). The Kier molecular flexibility index (Phi) is 22.2. The van der Waals surface area contributed by atoms with Crippen LogP contribution < -0.4 is 61.5 Å². The van der Waals surface area contributed by atoms with Gasteiger partial charge in [-0.1, -0.05) is 30.3 Å². The molecule has 0 spiro atoms. The molecule has 23 heteroatoms. The SMILES string of the molecule is COc1c2cccc1C(=O)NCCN1CCNC(=O)c3cccc(c3OC)C(=O)NCCN(CCNC2)CCN2CCNC(=O)c3cccc(c3OC)C(=O)NCCN(CCNC(=O)c3cccc(c3OC)C(=O)NCC2)CC1. The molecule has 4 aliphatic rings. The first-order valence-electron chi connectivity index (χ1n) is 26.7. The molecule has 79 heavy (non-hydrogen) atoms. The Balaban J connectivity index is 1.30. The van der Waals surface area contributed by atoms with Crippen molar-refractivity contribution in [1.82, 2.24) is 62.1 Å². The summed E-state index contributed by atoms with van der Waals surface area (Å²) in [6, 6.07) is 19.9. The summed E-state index contributed by atoms with van der Waals surface area (Å²) in [5.41, 5.74) is 2.24. The number of ether oxygens (including phenoxy) is 4. The zero-order valence-electron chi connectivity index (χ0n) is 45.6. The highest BCUT2D eigenvalue weighted by Gasteiger charge is 2.25.